The monoisotopic (exact) mass is 270 g/mol. The Morgan fingerprint density at radius 1 is 1.37 bits per heavy atom. The lowest BCUT2D eigenvalue weighted by Gasteiger charge is -2.27. The minimum Gasteiger partial charge on any atom is -0.494 e. The van der Waals surface area contributed by atoms with Crippen LogP contribution in [0.5, 0.6) is 5.75 Å². The Balaban J connectivity index is 2.67. The normalized spacial score (nSPS) is 14.5. The Kier molecular flexibility index (Phi) is 6.21. The van der Waals surface area contributed by atoms with E-state index in [0.29, 0.717) is 13.2 Å². The van der Waals surface area contributed by atoms with Crippen molar-refractivity contribution in [1.29, 1.82) is 0 Å². The summed E-state index contributed by atoms with van der Waals surface area (Å²) in [5, 5.41) is 0. The minimum atomic E-state index is -0.386. The summed E-state index contributed by atoms with van der Waals surface area (Å²) in [4.78, 5) is 2.09. The van der Waals surface area contributed by atoms with Crippen molar-refractivity contribution in [2.24, 2.45) is 5.73 Å². The van der Waals surface area contributed by atoms with Gasteiger partial charge < -0.3 is 15.2 Å². The summed E-state index contributed by atoms with van der Waals surface area (Å²) in [5.74, 6) is -0.153. The number of halogens is 1. The summed E-state index contributed by atoms with van der Waals surface area (Å²) in [6.45, 7) is 3.33. The van der Waals surface area contributed by atoms with Gasteiger partial charge in [0, 0.05) is 25.7 Å². The van der Waals surface area contributed by atoms with Crippen molar-refractivity contribution in [2.45, 2.75) is 19.0 Å². The van der Waals surface area contributed by atoms with Crippen LogP contribution in [0.1, 0.15) is 18.5 Å². The third-order valence-corrected chi connectivity index (χ3v) is 3.25. The largest absolute Gasteiger partial charge is 0.494 e. The molecule has 1 aromatic carbocycles. The number of hydrogen-bond acceptors (Lipinski definition) is 4. The standard InChI is InChI=1S/C14H23FN2O2/c1-10(9-18-3)17(2)8-13(16)11-5-6-14(19-4)12(15)7-11/h5-7,10,13H,8-9,16H2,1-4H3. The Morgan fingerprint density at radius 2 is 2.05 bits per heavy atom. The predicted molar refractivity (Wildman–Crippen MR) is 73.8 cm³/mol. The molecule has 108 valence electrons. The van der Waals surface area contributed by atoms with Gasteiger partial charge in [0.05, 0.1) is 13.7 Å². The Bertz CT molecular complexity index is 401. The summed E-state index contributed by atoms with van der Waals surface area (Å²) < 4.78 is 23.6. The van der Waals surface area contributed by atoms with E-state index in [9.17, 15) is 4.39 Å². The van der Waals surface area contributed by atoms with Crippen LogP contribution in [0.25, 0.3) is 0 Å². The van der Waals surface area contributed by atoms with Crippen molar-refractivity contribution < 1.29 is 13.9 Å². The summed E-state index contributed by atoms with van der Waals surface area (Å²) >= 11 is 0. The van der Waals surface area contributed by atoms with E-state index in [0.717, 1.165) is 5.56 Å². The molecule has 0 spiro atoms. The van der Waals surface area contributed by atoms with Crippen LogP contribution in [0.2, 0.25) is 0 Å². The molecule has 5 heteroatoms. The molecule has 0 bridgehead atoms. The molecule has 0 saturated carbocycles. The summed E-state index contributed by atoms with van der Waals surface area (Å²) in [6.07, 6.45) is 0. The molecule has 1 rings (SSSR count). The Labute approximate surface area is 114 Å². The summed E-state index contributed by atoms with van der Waals surface area (Å²) in [5.41, 5.74) is 6.86. The van der Waals surface area contributed by atoms with Crippen LogP contribution in [0.15, 0.2) is 18.2 Å². The van der Waals surface area contributed by atoms with E-state index in [4.69, 9.17) is 15.2 Å². The molecule has 0 aliphatic heterocycles. The number of nitrogens with two attached hydrogens (primary N) is 1. The van der Waals surface area contributed by atoms with Crippen LogP contribution in [0.4, 0.5) is 4.39 Å². The zero-order chi connectivity index (χ0) is 14.4. The van der Waals surface area contributed by atoms with Crippen LogP contribution < -0.4 is 10.5 Å². The number of ether oxygens (including phenoxy) is 2. The van der Waals surface area contributed by atoms with Gasteiger partial charge in [0.2, 0.25) is 0 Å². The van der Waals surface area contributed by atoms with Crippen LogP contribution in [-0.2, 0) is 4.74 Å². The molecular weight excluding hydrogens is 247 g/mol. The van der Waals surface area contributed by atoms with Crippen LogP contribution >= 0.6 is 0 Å². The fourth-order valence-electron chi connectivity index (χ4n) is 1.88. The quantitative estimate of drug-likeness (QED) is 0.821. The molecule has 2 N–H and O–H groups in total. The van der Waals surface area contributed by atoms with Crippen LogP contribution in [-0.4, -0.2) is 45.4 Å². The highest BCUT2D eigenvalue weighted by Crippen LogP contribution is 2.21. The van der Waals surface area contributed by atoms with Crippen molar-refractivity contribution in [2.75, 3.05) is 34.4 Å². The van der Waals surface area contributed by atoms with Gasteiger partial charge in [-0.3, -0.25) is 4.90 Å². The van der Waals surface area contributed by atoms with Gasteiger partial charge in [-0.2, -0.15) is 0 Å². The van der Waals surface area contributed by atoms with Crippen molar-refractivity contribution in [3.63, 3.8) is 0 Å². The predicted octanol–water partition coefficient (Wildman–Crippen LogP) is 1.80. The van der Waals surface area contributed by atoms with E-state index in [1.165, 1.54) is 13.2 Å². The second-order valence-electron chi connectivity index (χ2n) is 4.74. The first kappa shape index (κ1) is 15.9. The topological polar surface area (TPSA) is 47.7 Å². The smallest absolute Gasteiger partial charge is 0.165 e. The number of benzene rings is 1. The third-order valence-electron chi connectivity index (χ3n) is 3.25. The number of methoxy groups -OCH3 is 2. The molecule has 2 unspecified atom stereocenters. The van der Waals surface area contributed by atoms with Gasteiger partial charge in [-0.25, -0.2) is 4.39 Å². The van der Waals surface area contributed by atoms with Crippen molar-refractivity contribution >= 4 is 0 Å². The van der Waals surface area contributed by atoms with Gasteiger partial charge in [0.1, 0.15) is 0 Å². The summed E-state index contributed by atoms with van der Waals surface area (Å²) in [6, 6.07) is 4.84. The first-order chi connectivity index (χ1) is 8.99. The van der Waals surface area contributed by atoms with Gasteiger partial charge in [0.15, 0.2) is 11.6 Å². The van der Waals surface area contributed by atoms with E-state index < -0.39 is 0 Å². The lowest BCUT2D eigenvalue weighted by Crippen LogP contribution is -2.37. The lowest BCUT2D eigenvalue weighted by molar-refractivity contribution is 0.112. The molecule has 0 saturated heterocycles. The number of rotatable bonds is 7. The van der Waals surface area contributed by atoms with Crippen molar-refractivity contribution in [3.8, 4) is 5.75 Å². The Hall–Kier alpha value is -1.17. The molecule has 0 heterocycles. The van der Waals surface area contributed by atoms with Crippen LogP contribution in [0.3, 0.4) is 0 Å². The van der Waals surface area contributed by atoms with Gasteiger partial charge >= 0.3 is 0 Å². The second kappa shape index (κ2) is 7.43. The number of nitrogens with zero attached hydrogens (tertiary/aromatic N) is 1. The third kappa shape index (κ3) is 4.45. The first-order valence-electron chi connectivity index (χ1n) is 6.27. The molecule has 0 radical (unpaired) electrons. The molecular formula is C14H23FN2O2. The van der Waals surface area contributed by atoms with Gasteiger partial charge in [-0.15, -0.1) is 0 Å². The molecule has 0 amide bonds. The first-order valence-corrected chi connectivity index (χ1v) is 6.27. The molecule has 0 fully saturated rings. The SMILES string of the molecule is COCC(C)N(C)CC(N)c1ccc(OC)c(F)c1. The summed E-state index contributed by atoms with van der Waals surface area (Å²) in [7, 11) is 5.09. The highest BCUT2D eigenvalue weighted by molar-refractivity contribution is 5.31. The van der Waals surface area contributed by atoms with E-state index in [-0.39, 0.29) is 23.7 Å². The van der Waals surface area contributed by atoms with Gasteiger partial charge in [-0.05, 0) is 31.7 Å². The molecule has 0 aromatic heterocycles. The molecule has 4 nitrogen and oxygen atoms in total. The maximum Gasteiger partial charge on any atom is 0.165 e. The maximum absolute atomic E-state index is 13.6. The fourth-order valence-corrected chi connectivity index (χ4v) is 1.88. The number of hydrogen-bond donors (Lipinski definition) is 1. The van der Waals surface area contributed by atoms with Gasteiger partial charge in [-0.1, -0.05) is 6.07 Å². The number of likely N-dealkylation sites (N-methyl/N-ethyl adjacent to an activating group) is 1. The second-order valence-corrected chi connectivity index (χ2v) is 4.74. The molecule has 0 aliphatic rings. The molecule has 0 aliphatic carbocycles. The van der Waals surface area contributed by atoms with E-state index >= 15 is 0 Å². The molecule has 1 aromatic rings. The van der Waals surface area contributed by atoms with Gasteiger partial charge in [0.25, 0.3) is 0 Å². The zero-order valence-electron chi connectivity index (χ0n) is 12.0. The van der Waals surface area contributed by atoms with Crippen LogP contribution in [0, 0.1) is 5.82 Å². The van der Waals surface area contributed by atoms with E-state index in [1.54, 1.807) is 19.2 Å². The average molecular weight is 270 g/mol. The highest BCUT2D eigenvalue weighted by atomic mass is 19.1. The molecule has 19 heavy (non-hydrogen) atoms. The minimum absolute atomic E-state index is 0.233. The zero-order valence-corrected chi connectivity index (χ0v) is 12.0. The van der Waals surface area contributed by atoms with Crippen molar-refractivity contribution in [3.05, 3.63) is 29.6 Å². The fraction of sp³-hybridized carbons (Fsp3) is 0.571. The lowest BCUT2D eigenvalue weighted by atomic mass is 10.1. The van der Waals surface area contributed by atoms with E-state index in [2.05, 4.69) is 11.8 Å². The van der Waals surface area contributed by atoms with E-state index in [1.807, 2.05) is 7.05 Å². The van der Waals surface area contributed by atoms with Crippen molar-refractivity contribution in [1.82, 2.24) is 4.90 Å². The Morgan fingerprint density at radius 3 is 2.58 bits per heavy atom. The highest BCUT2D eigenvalue weighted by Gasteiger charge is 2.15. The maximum atomic E-state index is 13.6. The molecule has 2 atom stereocenters. The average Bonchev–Trinajstić information content (AvgIpc) is 2.38.